The van der Waals surface area contributed by atoms with Crippen molar-refractivity contribution in [1.82, 2.24) is 5.32 Å². The van der Waals surface area contributed by atoms with E-state index in [1.807, 2.05) is 0 Å². The van der Waals surface area contributed by atoms with Crippen LogP contribution in [0.15, 0.2) is 48.6 Å². The maximum atomic E-state index is 12.4. The van der Waals surface area contributed by atoms with E-state index in [0.717, 1.165) is 51.4 Å². The summed E-state index contributed by atoms with van der Waals surface area (Å²) in [6.07, 6.45) is 39.5. The van der Waals surface area contributed by atoms with E-state index in [-0.39, 0.29) is 12.3 Å². The summed E-state index contributed by atoms with van der Waals surface area (Å²) in [5, 5.41) is 13.1. The van der Waals surface area contributed by atoms with Gasteiger partial charge in [0, 0.05) is 6.42 Å². The monoisotopic (exact) mass is 623 g/mol. The third-order valence-electron chi connectivity index (χ3n) is 7.48. The van der Waals surface area contributed by atoms with Crippen LogP contribution in [0.3, 0.4) is 0 Å². The number of hydrogen-bond donors (Lipinski definition) is 3. The van der Waals surface area contributed by atoms with Crippen LogP contribution in [-0.2, 0) is 14.9 Å². The molecule has 0 bridgehead atoms. The summed E-state index contributed by atoms with van der Waals surface area (Å²) in [6, 6.07) is -1.08. The van der Waals surface area contributed by atoms with Crippen LogP contribution in [-0.4, -0.2) is 41.9 Å². The summed E-state index contributed by atoms with van der Waals surface area (Å²) >= 11 is 0. The molecule has 2 atom stereocenters. The van der Waals surface area contributed by atoms with Gasteiger partial charge in [0.05, 0.1) is 17.9 Å². The van der Waals surface area contributed by atoms with Gasteiger partial charge in [-0.1, -0.05) is 133 Å². The average molecular weight is 624 g/mol. The van der Waals surface area contributed by atoms with Crippen molar-refractivity contribution in [2.24, 2.45) is 0 Å². The van der Waals surface area contributed by atoms with Crippen molar-refractivity contribution in [2.75, 3.05) is 5.75 Å². The largest absolute Gasteiger partial charge is 0.387 e. The molecule has 250 valence electrons. The van der Waals surface area contributed by atoms with Gasteiger partial charge < -0.3 is 10.4 Å². The number of unbranched alkanes of at least 4 members (excludes halogenated alkanes) is 16. The minimum Gasteiger partial charge on any atom is -0.387 e. The smallest absolute Gasteiger partial charge is 0.267 e. The molecule has 1 amide bonds. The lowest BCUT2D eigenvalue weighted by molar-refractivity contribution is -0.122. The van der Waals surface area contributed by atoms with Crippen molar-refractivity contribution in [2.45, 2.75) is 167 Å². The summed E-state index contributed by atoms with van der Waals surface area (Å²) in [4.78, 5) is 12.4. The Kier molecular flexibility index (Phi) is 29.1. The van der Waals surface area contributed by atoms with Crippen LogP contribution < -0.4 is 5.32 Å². The minimum absolute atomic E-state index is 0.277. The Morgan fingerprint density at radius 1 is 0.628 bits per heavy atom. The number of amides is 1. The lowest BCUT2D eigenvalue weighted by Crippen LogP contribution is -2.46. The van der Waals surface area contributed by atoms with E-state index in [1.165, 1.54) is 83.1 Å². The van der Waals surface area contributed by atoms with Crippen LogP contribution in [0.2, 0.25) is 0 Å². The normalized spacial score (nSPS) is 14.0. The molecule has 0 aliphatic carbocycles. The zero-order valence-electron chi connectivity index (χ0n) is 27.6. The molecule has 0 aromatic rings. The Morgan fingerprint density at radius 3 is 1.65 bits per heavy atom. The topological polar surface area (TPSA) is 104 Å². The van der Waals surface area contributed by atoms with Crippen LogP contribution >= 0.6 is 0 Å². The highest BCUT2D eigenvalue weighted by molar-refractivity contribution is 7.85. The Balaban J connectivity index is 4.05. The Bertz CT molecular complexity index is 863. The van der Waals surface area contributed by atoms with Gasteiger partial charge in [0.15, 0.2) is 0 Å². The van der Waals surface area contributed by atoms with Gasteiger partial charge in [-0.15, -0.1) is 0 Å². The molecular formula is C36H65NO5S. The van der Waals surface area contributed by atoms with Crippen molar-refractivity contribution in [1.29, 1.82) is 0 Å². The van der Waals surface area contributed by atoms with Crippen molar-refractivity contribution in [3.05, 3.63) is 48.6 Å². The Morgan fingerprint density at radius 2 is 1.07 bits per heavy atom. The number of aliphatic hydroxyl groups is 1. The molecule has 0 radical (unpaired) electrons. The first-order valence-electron chi connectivity index (χ1n) is 17.3. The first-order valence-corrected chi connectivity index (χ1v) is 18.9. The van der Waals surface area contributed by atoms with E-state index in [0.29, 0.717) is 6.42 Å². The summed E-state index contributed by atoms with van der Waals surface area (Å²) in [5.41, 5.74) is 0. The molecule has 43 heavy (non-hydrogen) atoms. The van der Waals surface area contributed by atoms with Crippen molar-refractivity contribution in [3.8, 4) is 0 Å². The summed E-state index contributed by atoms with van der Waals surface area (Å²) in [6.45, 7) is 4.44. The molecule has 0 saturated carbocycles. The summed E-state index contributed by atoms with van der Waals surface area (Å²) < 4.78 is 32.2. The zero-order valence-corrected chi connectivity index (χ0v) is 28.4. The molecule has 0 saturated heterocycles. The fraction of sp³-hybridized carbons (Fsp3) is 0.750. The molecule has 7 heteroatoms. The molecule has 0 aromatic heterocycles. The third-order valence-corrected chi connectivity index (χ3v) is 8.26. The molecule has 0 fully saturated rings. The van der Waals surface area contributed by atoms with Crippen molar-refractivity contribution >= 4 is 16.0 Å². The third kappa shape index (κ3) is 31.5. The molecular weight excluding hydrogens is 558 g/mol. The van der Waals surface area contributed by atoms with Crippen LogP contribution in [0.25, 0.3) is 0 Å². The molecule has 0 aromatic carbocycles. The van der Waals surface area contributed by atoms with Crippen LogP contribution in [0.4, 0.5) is 0 Å². The molecule has 2 unspecified atom stereocenters. The van der Waals surface area contributed by atoms with Gasteiger partial charge in [-0.3, -0.25) is 9.35 Å². The van der Waals surface area contributed by atoms with E-state index < -0.39 is 28.0 Å². The van der Waals surface area contributed by atoms with Crippen LogP contribution in [0, 0.1) is 0 Å². The van der Waals surface area contributed by atoms with E-state index in [4.69, 9.17) is 0 Å². The van der Waals surface area contributed by atoms with Crippen LogP contribution in [0.1, 0.15) is 155 Å². The second kappa shape index (κ2) is 30.3. The van der Waals surface area contributed by atoms with Gasteiger partial charge in [0.1, 0.15) is 0 Å². The molecule has 0 aliphatic rings. The highest BCUT2D eigenvalue weighted by Gasteiger charge is 2.24. The predicted octanol–water partition coefficient (Wildman–Crippen LogP) is 9.57. The van der Waals surface area contributed by atoms with Gasteiger partial charge in [-0.05, 0) is 64.2 Å². The predicted molar refractivity (Wildman–Crippen MR) is 184 cm³/mol. The summed E-state index contributed by atoms with van der Waals surface area (Å²) in [7, 11) is -4.35. The first kappa shape index (κ1) is 41.3. The fourth-order valence-electron chi connectivity index (χ4n) is 4.85. The number of nitrogens with one attached hydrogen (secondary N) is 1. The van der Waals surface area contributed by atoms with Gasteiger partial charge in [-0.2, -0.15) is 8.42 Å². The molecule has 0 heterocycles. The molecule has 0 spiro atoms. The number of rotatable bonds is 30. The second-order valence-electron chi connectivity index (χ2n) is 11.8. The van der Waals surface area contributed by atoms with Gasteiger partial charge in [0.25, 0.3) is 10.1 Å². The van der Waals surface area contributed by atoms with Crippen molar-refractivity contribution in [3.63, 3.8) is 0 Å². The first-order chi connectivity index (χ1) is 20.8. The molecule has 6 nitrogen and oxygen atoms in total. The van der Waals surface area contributed by atoms with E-state index in [2.05, 4.69) is 55.6 Å². The zero-order chi connectivity index (χ0) is 31.9. The highest BCUT2D eigenvalue weighted by atomic mass is 32.2. The van der Waals surface area contributed by atoms with Crippen molar-refractivity contribution < 1.29 is 22.9 Å². The summed E-state index contributed by atoms with van der Waals surface area (Å²) in [5.74, 6) is -1.02. The maximum Gasteiger partial charge on any atom is 0.267 e. The molecule has 3 N–H and O–H groups in total. The van der Waals surface area contributed by atoms with Gasteiger partial charge in [0.2, 0.25) is 5.91 Å². The van der Waals surface area contributed by atoms with E-state index >= 15 is 0 Å². The number of aliphatic hydroxyl groups excluding tert-OH is 1. The molecule has 0 aliphatic heterocycles. The molecule has 0 rings (SSSR count). The average Bonchev–Trinajstić information content (AvgIpc) is 2.96. The van der Waals surface area contributed by atoms with E-state index in [9.17, 15) is 22.9 Å². The van der Waals surface area contributed by atoms with Crippen LogP contribution in [0.5, 0.6) is 0 Å². The lowest BCUT2D eigenvalue weighted by Gasteiger charge is -2.21. The highest BCUT2D eigenvalue weighted by Crippen LogP contribution is 2.11. The second-order valence-corrected chi connectivity index (χ2v) is 13.3. The standard InChI is InChI=1S/C36H65NO5S/c1-3-5-7-9-11-13-15-16-17-18-19-20-22-24-26-28-30-32-36(39)37-34(33-43(40,41)42)35(38)31-29-27-25-23-21-14-12-10-8-6-4-2/h11,13,16-17,21,23,29,31,34-35,38H,3-10,12,14-15,18-20,22,24-28,30,32-33H2,1-2H3,(H,37,39)(H,40,41,42)/b13-11-,17-16-,23-21+,31-29+. The number of carbonyl (C=O) groups is 1. The maximum absolute atomic E-state index is 12.4. The quantitative estimate of drug-likeness (QED) is 0.0420. The Labute approximate surface area is 265 Å². The van der Waals surface area contributed by atoms with E-state index in [1.54, 1.807) is 6.08 Å². The number of hydrogen-bond acceptors (Lipinski definition) is 4. The van der Waals surface area contributed by atoms with Gasteiger partial charge in [-0.25, -0.2) is 0 Å². The number of carbonyl (C=O) groups excluding carboxylic acids is 1. The fourth-order valence-corrected chi connectivity index (χ4v) is 5.58. The number of allylic oxidation sites excluding steroid dienone is 7. The SMILES string of the molecule is CCCCC/C=C\C/C=C\CCCCCCCCCC(=O)NC(CS(=O)(=O)O)C(O)/C=C/CC/C=C/CCCCCCC. The Hall–Kier alpha value is -1.70. The lowest BCUT2D eigenvalue weighted by atomic mass is 10.1. The van der Waals surface area contributed by atoms with Gasteiger partial charge >= 0.3 is 0 Å². The minimum atomic E-state index is -4.35.